The van der Waals surface area contributed by atoms with Crippen molar-refractivity contribution in [3.05, 3.63) is 52.4 Å². The Kier molecular flexibility index (Phi) is 6.46. The van der Waals surface area contributed by atoms with Crippen molar-refractivity contribution >= 4 is 17.6 Å². The van der Waals surface area contributed by atoms with E-state index in [0.29, 0.717) is 10.2 Å². The van der Waals surface area contributed by atoms with Crippen molar-refractivity contribution in [1.82, 2.24) is 19.6 Å². The smallest absolute Gasteiger partial charge is 0.459 e. The van der Waals surface area contributed by atoms with Gasteiger partial charge in [0.25, 0.3) is 0 Å². The number of methoxy groups -OCH3 is 1. The Labute approximate surface area is 186 Å². The van der Waals surface area contributed by atoms with Crippen LogP contribution in [-0.4, -0.2) is 45.2 Å². The molecule has 0 fully saturated rings. The van der Waals surface area contributed by atoms with Gasteiger partial charge in [0, 0.05) is 30.8 Å². The summed E-state index contributed by atoms with van der Waals surface area (Å²) in [5.74, 6) is -6.70. The average molecular weight is 499 g/mol. The molecule has 2 aromatic heterocycles. The summed E-state index contributed by atoms with van der Waals surface area (Å²) in [5.41, 5.74) is -2.18. The second-order valence-corrected chi connectivity index (χ2v) is 7.21. The highest BCUT2D eigenvalue weighted by Gasteiger charge is 2.62. The van der Waals surface area contributed by atoms with Crippen molar-refractivity contribution in [3.8, 4) is 16.9 Å². The van der Waals surface area contributed by atoms with E-state index >= 15 is 0 Å². The van der Waals surface area contributed by atoms with Crippen LogP contribution in [-0.2, 0) is 24.1 Å². The topological polar surface area (TPSA) is 61.9 Å². The molecule has 0 radical (unpaired) electrons. The number of ether oxygens (including phenoxy) is 1. The second kappa shape index (κ2) is 8.69. The molecule has 1 aromatic carbocycles. The Morgan fingerprint density at radius 2 is 1.85 bits per heavy atom. The molecule has 0 spiro atoms. The molecule has 0 unspecified atom stereocenters. The minimum absolute atomic E-state index is 0.00967. The summed E-state index contributed by atoms with van der Waals surface area (Å²) >= 11 is 5.96. The van der Waals surface area contributed by atoms with Gasteiger partial charge in [-0.15, -0.1) is 0 Å². The quantitative estimate of drug-likeness (QED) is 0.347. The fourth-order valence-corrected chi connectivity index (χ4v) is 3.33. The molecule has 0 aliphatic carbocycles. The second-order valence-electron chi connectivity index (χ2n) is 6.80. The summed E-state index contributed by atoms with van der Waals surface area (Å²) in [4.78, 5) is 11.8. The van der Waals surface area contributed by atoms with E-state index in [1.807, 2.05) is 0 Å². The Bertz CT molecular complexity index is 1190. The predicted octanol–water partition coefficient (Wildman–Crippen LogP) is 5.17. The van der Waals surface area contributed by atoms with E-state index in [2.05, 4.69) is 14.9 Å². The van der Waals surface area contributed by atoms with E-state index in [4.69, 9.17) is 11.6 Å². The molecule has 178 valence electrons. The molecule has 0 saturated heterocycles. The van der Waals surface area contributed by atoms with Crippen LogP contribution >= 0.6 is 11.6 Å². The van der Waals surface area contributed by atoms with E-state index < -0.39 is 48.0 Å². The third-order valence-corrected chi connectivity index (χ3v) is 4.96. The van der Waals surface area contributed by atoms with Gasteiger partial charge in [0.1, 0.15) is 5.69 Å². The van der Waals surface area contributed by atoms with E-state index in [0.717, 1.165) is 18.8 Å². The van der Waals surface area contributed by atoms with Crippen LogP contribution in [0.25, 0.3) is 16.9 Å². The Morgan fingerprint density at radius 1 is 1.18 bits per heavy atom. The number of hydrogen-bond acceptors (Lipinski definition) is 4. The lowest BCUT2D eigenvalue weighted by molar-refractivity contribution is -0.291. The molecule has 6 nitrogen and oxygen atoms in total. The summed E-state index contributed by atoms with van der Waals surface area (Å²) in [7, 11) is 2.17. The van der Waals surface area contributed by atoms with Crippen molar-refractivity contribution < 1.29 is 40.3 Å². The number of hydrogen-bond donors (Lipinski definition) is 0. The van der Waals surface area contributed by atoms with Crippen molar-refractivity contribution in [3.63, 3.8) is 0 Å². The van der Waals surface area contributed by atoms with Gasteiger partial charge in [-0.2, -0.15) is 32.1 Å². The highest BCUT2D eigenvalue weighted by atomic mass is 35.5. The fraction of sp³-hybridized carbons (Fsp3) is 0.316. The van der Waals surface area contributed by atoms with Gasteiger partial charge in [0.15, 0.2) is 5.82 Å². The zero-order valence-electron chi connectivity index (χ0n) is 16.8. The molecule has 0 amide bonds. The van der Waals surface area contributed by atoms with Gasteiger partial charge in [-0.1, -0.05) is 17.7 Å². The number of benzene rings is 1. The largest absolute Gasteiger partial charge is 0.465 e. The molecule has 0 N–H and O–H groups in total. The first-order valence-electron chi connectivity index (χ1n) is 9.00. The van der Waals surface area contributed by atoms with Gasteiger partial charge in [-0.25, -0.2) is 18.3 Å². The summed E-state index contributed by atoms with van der Waals surface area (Å²) in [6.45, 7) is 0. The van der Waals surface area contributed by atoms with Gasteiger partial charge < -0.3 is 4.74 Å². The van der Waals surface area contributed by atoms with Crippen LogP contribution in [0.15, 0.2) is 30.6 Å². The molecule has 0 saturated carbocycles. The number of rotatable bonds is 6. The summed E-state index contributed by atoms with van der Waals surface area (Å²) in [6.07, 6.45) is -8.29. The van der Waals surface area contributed by atoms with E-state index in [1.165, 1.54) is 30.6 Å². The molecule has 0 aliphatic heterocycles. The first-order valence-corrected chi connectivity index (χ1v) is 9.38. The summed E-state index contributed by atoms with van der Waals surface area (Å²) in [6, 6.07) is 4.22. The van der Waals surface area contributed by atoms with Crippen LogP contribution in [0.4, 0.5) is 30.7 Å². The number of aromatic nitrogens is 4. The SMILES string of the molecule is COC(=O)c1cc(-c2cnn(-c3c(CC(F)F)c(C(F)(F)C(F)(F)F)nn3C)c2)ccc1Cl. The lowest BCUT2D eigenvalue weighted by Crippen LogP contribution is -2.35. The zero-order chi connectivity index (χ0) is 24.7. The number of aryl methyl sites for hydroxylation is 1. The molecule has 33 heavy (non-hydrogen) atoms. The standard InChI is InChI=1S/C19H14ClF7N4O2/c1-30-16(12(6-14(21)22)15(29-30)18(23,24)19(25,26)27)31-8-10(7-28-31)9-3-4-13(20)11(5-9)17(32)33-2/h3-5,7-8,14H,6H2,1-2H3. The highest BCUT2D eigenvalue weighted by molar-refractivity contribution is 6.33. The van der Waals surface area contributed by atoms with Crippen LogP contribution in [0, 0.1) is 0 Å². The molecule has 0 aliphatic rings. The van der Waals surface area contributed by atoms with E-state index in [9.17, 15) is 35.5 Å². The predicted molar refractivity (Wildman–Crippen MR) is 102 cm³/mol. The summed E-state index contributed by atoms with van der Waals surface area (Å²) in [5, 5.41) is 7.18. The Balaban J connectivity index is 2.14. The minimum Gasteiger partial charge on any atom is -0.465 e. The van der Waals surface area contributed by atoms with Crippen molar-refractivity contribution in [2.75, 3.05) is 7.11 Å². The number of carbonyl (C=O) groups is 1. The number of alkyl halides is 7. The molecule has 0 atom stereocenters. The van der Waals surface area contributed by atoms with Crippen LogP contribution in [0.3, 0.4) is 0 Å². The van der Waals surface area contributed by atoms with E-state index in [-0.39, 0.29) is 16.1 Å². The molecule has 0 bridgehead atoms. The number of halogens is 8. The van der Waals surface area contributed by atoms with E-state index in [1.54, 1.807) is 0 Å². The molecule has 14 heteroatoms. The number of esters is 1. The van der Waals surface area contributed by atoms with Gasteiger partial charge >= 0.3 is 18.1 Å². The number of carbonyl (C=O) groups excluding carboxylic acids is 1. The summed E-state index contributed by atoms with van der Waals surface area (Å²) < 4.78 is 99.1. The fourth-order valence-electron chi connectivity index (χ4n) is 3.13. The molecule has 2 heterocycles. The molecule has 3 rings (SSSR count). The van der Waals surface area contributed by atoms with Gasteiger partial charge in [0.05, 0.1) is 23.9 Å². The average Bonchev–Trinajstić information content (AvgIpc) is 3.31. The minimum atomic E-state index is -6.04. The molecular weight excluding hydrogens is 485 g/mol. The zero-order valence-corrected chi connectivity index (χ0v) is 17.6. The normalized spacial score (nSPS) is 12.5. The van der Waals surface area contributed by atoms with Crippen LogP contribution < -0.4 is 0 Å². The van der Waals surface area contributed by atoms with Crippen LogP contribution in [0.1, 0.15) is 21.6 Å². The maximum Gasteiger partial charge on any atom is 0.459 e. The van der Waals surface area contributed by atoms with Crippen molar-refractivity contribution in [1.29, 1.82) is 0 Å². The maximum absolute atomic E-state index is 14.0. The Morgan fingerprint density at radius 3 is 2.42 bits per heavy atom. The molecular formula is C19H14ClF7N4O2. The monoisotopic (exact) mass is 498 g/mol. The van der Waals surface area contributed by atoms with Gasteiger partial charge in [-0.05, 0) is 17.7 Å². The first-order chi connectivity index (χ1) is 15.3. The van der Waals surface area contributed by atoms with Gasteiger partial charge in [0.2, 0.25) is 6.43 Å². The molecule has 3 aromatic rings. The maximum atomic E-state index is 14.0. The Hall–Kier alpha value is -3.09. The lowest BCUT2D eigenvalue weighted by Gasteiger charge is -2.18. The lowest BCUT2D eigenvalue weighted by atomic mass is 10.1. The van der Waals surface area contributed by atoms with Crippen molar-refractivity contribution in [2.24, 2.45) is 7.05 Å². The van der Waals surface area contributed by atoms with Crippen LogP contribution in [0.5, 0.6) is 0 Å². The van der Waals surface area contributed by atoms with Crippen LogP contribution in [0.2, 0.25) is 5.02 Å². The van der Waals surface area contributed by atoms with Gasteiger partial charge in [-0.3, -0.25) is 4.68 Å². The first kappa shape index (κ1) is 24.6. The number of nitrogens with zero attached hydrogens (tertiary/aromatic N) is 4. The van der Waals surface area contributed by atoms with Crippen molar-refractivity contribution in [2.45, 2.75) is 24.9 Å². The third kappa shape index (κ3) is 4.54. The third-order valence-electron chi connectivity index (χ3n) is 4.63. The highest BCUT2D eigenvalue weighted by Crippen LogP contribution is 2.45.